The lowest BCUT2D eigenvalue weighted by Gasteiger charge is -2.33. The van der Waals surface area contributed by atoms with Crippen LogP contribution in [0.1, 0.15) is 33.1 Å². The molecule has 3 amide bonds. The topological polar surface area (TPSA) is 114 Å². The average molecular weight is 592 g/mol. The van der Waals surface area contributed by atoms with E-state index in [1.807, 2.05) is 31.2 Å². The lowest BCUT2D eigenvalue weighted by atomic mass is 10.0. The van der Waals surface area contributed by atoms with Gasteiger partial charge in [-0.3, -0.25) is 24.1 Å². The lowest BCUT2D eigenvalue weighted by molar-refractivity contribution is -0.139. The molecule has 0 saturated heterocycles. The Morgan fingerprint density at radius 1 is 0.932 bits per heavy atom. The first kappa shape index (κ1) is 28.5. The summed E-state index contributed by atoms with van der Waals surface area (Å²) in [4.78, 5) is 56.9. The highest BCUT2D eigenvalue weighted by Gasteiger charge is 2.39. The molecule has 10 heteroatoms. The molecule has 0 spiro atoms. The smallest absolute Gasteiger partial charge is 0.299 e. The number of nitrogens with zero attached hydrogens (tertiary/aromatic N) is 2. The van der Waals surface area contributed by atoms with Gasteiger partial charge in [-0.15, -0.1) is 0 Å². The molecular weight excluding hydrogens is 562 g/mol. The van der Waals surface area contributed by atoms with Crippen LogP contribution in [0.3, 0.4) is 0 Å². The standard InChI is InChI=1S/C34H29N3O7/c1-21-8-3-4-9-23(21)18-37(30(38)19-36-27-13-6-5-12-26(27)32(39)34(36)41)31(22-10-7-11-25(16-22)42-2)33(40)35-24-14-15-28-29(17-24)44-20-43-28/h3-17,31H,18-20H2,1-2H3,(H,35,40). The third-order valence-electron chi connectivity index (χ3n) is 7.70. The van der Waals surface area contributed by atoms with Crippen LogP contribution in [-0.2, 0) is 20.9 Å². The molecule has 1 atom stereocenters. The van der Waals surface area contributed by atoms with Gasteiger partial charge in [-0.05, 0) is 60.0 Å². The van der Waals surface area contributed by atoms with Gasteiger partial charge >= 0.3 is 0 Å². The molecular formula is C34H29N3O7. The summed E-state index contributed by atoms with van der Waals surface area (Å²) in [7, 11) is 1.52. The number of hydrogen-bond acceptors (Lipinski definition) is 7. The number of methoxy groups -OCH3 is 1. The third-order valence-corrected chi connectivity index (χ3v) is 7.70. The van der Waals surface area contributed by atoms with Crippen LogP contribution in [0.5, 0.6) is 17.2 Å². The number of fused-ring (bicyclic) bond motifs is 2. The number of Topliss-reactive ketones (excluding diaryl/α,β-unsaturated/α-hetero) is 1. The Morgan fingerprint density at radius 3 is 2.52 bits per heavy atom. The molecule has 6 rings (SSSR count). The molecule has 0 aromatic heterocycles. The van der Waals surface area contributed by atoms with Crippen LogP contribution in [0.2, 0.25) is 0 Å². The molecule has 0 fully saturated rings. The minimum absolute atomic E-state index is 0.0551. The van der Waals surface area contributed by atoms with E-state index in [9.17, 15) is 19.2 Å². The van der Waals surface area contributed by atoms with E-state index in [0.717, 1.165) is 11.1 Å². The van der Waals surface area contributed by atoms with Crippen LogP contribution < -0.4 is 24.4 Å². The third kappa shape index (κ3) is 5.45. The first-order valence-electron chi connectivity index (χ1n) is 14.0. The number of ketones is 1. The fourth-order valence-corrected chi connectivity index (χ4v) is 5.40. The molecule has 4 aromatic carbocycles. The second-order valence-corrected chi connectivity index (χ2v) is 10.4. The van der Waals surface area contributed by atoms with Gasteiger partial charge in [0.05, 0.1) is 18.4 Å². The van der Waals surface area contributed by atoms with E-state index in [1.165, 1.54) is 16.9 Å². The number of carbonyl (C=O) groups excluding carboxylic acids is 4. The van der Waals surface area contributed by atoms with E-state index >= 15 is 0 Å². The summed E-state index contributed by atoms with van der Waals surface area (Å²) in [6.07, 6.45) is 0. The van der Waals surface area contributed by atoms with Gasteiger partial charge in [-0.1, -0.05) is 48.5 Å². The first-order chi connectivity index (χ1) is 21.3. The molecule has 2 aliphatic heterocycles. The predicted octanol–water partition coefficient (Wildman–Crippen LogP) is 4.67. The van der Waals surface area contributed by atoms with Gasteiger partial charge in [0.1, 0.15) is 18.3 Å². The maximum absolute atomic E-state index is 14.3. The average Bonchev–Trinajstić information content (AvgIpc) is 3.60. The number of para-hydroxylation sites is 1. The normalized spacial score (nSPS) is 13.8. The molecule has 0 aliphatic carbocycles. The number of rotatable bonds is 9. The largest absolute Gasteiger partial charge is 0.497 e. The van der Waals surface area contributed by atoms with Crippen molar-refractivity contribution in [1.29, 1.82) is 0 Å². The number of ether oxygens (including phenoxy) is 3. The van der Waals surface area contributed by atoms with Crippen molar-refractivity contribution in [2.45, 2.75) is 19.5 Å². The molecule has 222 valence electrons. The molecule has 0 saturated carbocycles. The van der Waals surface area contributed by atoms with Crippen molar-refractivity contribution >= 4 is 34.9 Å². The van der Waals surface area contributed by atoms with Crippen molar-refractivity contribution in [2.75, 3.05) is 30.7 Å². The number of nitrogens with one attached hydrogen (secondary N) is 1. The summed E-state index contributed by atoms with van der Waals surface area (Å²) in [5, 5.41) is 2.92. The highest BCUT2D eigenvalue weighted by Crippen LogP contribution is 2.36. The zero-order valence-electron chi connectivity index (χ0n) is 24.1. The minimum atomic E-state index is -1.15. The molecule has 1 unspecified atom stereocenters. The summed E-state index contributed by atoms with van der Waals surface area (Å²) < 4.78 is 16.3. The number of carbonyl (C=O) groups is 4. The van der Waals surface area contributed by atoms with Gasteiger partial charge in [0.25, 0.3) is 17.6 Å². The molecule has 1 N–H and O–H groups in total. The maximum atomic E-state index is 14.3. The van der Waals surface area contributed by atoms with Crippen molar-refractivity contribution < 1.29 is 33.4 Å². The predicted molar refractivity (Wildman–Crippen MR) is 162 cm³/mol. The van der Waals surface area contributed by atoms with Gasteiger partial charge in [0, 0.05) is 18.3 Å². The van der Waals surface area contributed by atoms with Crippen LogP contribution in [-0.4, -0.2) is 48.9 Å². The van der Waals surface area contributed by atoms with Gasteiger partial charge in [-0.2, -0.15) is 0 Å². The summed E-state index contributed by atoms with van der Waals surface area (Å²) in [5.41, 5.74) is 3.27. The Balaban J connectivity index is 1.41. The number of hydrogen-bond donors (Lipinski definition) is 1. The van der Waals surface area contributed by atoms with Gasteiger partial charge < -0.3 is 24.4 Å². The monoisotopic (exact) mass is 591 g/mol. The fourth-order valence-electron chi connectivity index (χ4n) is 5.40. The number of amides is 3. The maximum Gasteiger partial charge on any atom is 0.299 e. The van der Waals surface area contributed by atoms with E-state index in [4.69, 9.17) is 14.2 Å². The summed E-state index contributed by atoms with van der Waals surface area (Å²) >= 11 is 0. The zero-order valence-corrected chi connectivity index (χ0v) is 24.1. The highest BCUT2D eigenvalue weighted by molar-refractivity contribution is 6.52. The van der Waals surface area contributed by atoms with E-state index in [-0.39, 0.29) is 18.9 Å². The number of anilines is 2. The number of benzene rings is 4. The summed E-state index contributed by atoms with van der Waals surface area (Å²) in [6, 6.07) is 24.9. The van der Waals surface area contributed by atoms with Gasteiger partial charge in [-0.25, -0.2) is 0 Å². The van der Waals surface area contributed by atoms with E-state index in [1.54, 1.807) is 66.7 Å². The Bertz CT molecular complexity index is 1790. The van der Waals surface area contributed by atoms with Crippen LogP contribution in [0.25, 0.3) is 0 Å². The molecule has 4 aromatic rings. The van der Waals surface area contributed by atoms with Crippen molar-refractivity contribution in [2.24, 2.45) is 0 Å². The SMILES string of the molecule is COc1cccc(C(C(=O)Nc2ccc3c(c2)OCO3)N(Cc2ccccc2C)C(=O)CN2C(=O)C(=O)c3ccccc32)c1. The Hall–Kier alpha value is -5.64. The van der Waals surface area contributed by atoms with Crippen LogP contribution in [0.4, 0.5) is 11.4 Å². The van der Waals surface area contributed by atoms with Crippen LogP contribution >= 0.6 is 0 Å². The van der Waals surface area contributed by atoms with Crippen LogP contribution in [0.15, 0.2) is 91.0 Å². The van der Waals surface area contributed by atoms with Crippen molar-refractivity contribution in [1.82, 2.24) is 4.90 Å². The Morgan fingerprint density at radius 2 is 1.70 bits per heavy atom. The number of aryl methyl sites for hydroxylation is 1. The van der Waals surface area contributed by atoms with Crippen molar-refractivity contribution in [3.63, 3.8) is 0 Å². The molecule has 0 radical (unpaired) electrons. The summed E-state index contributed by atoms with van der Waals surface area (Å²) in [5.74, 6) is -0.941. The van der Waals surface area contributed by atoms with E-state index in [0.29, 0.717) is 34.2 Å². The molecule has 2 aliphatic rings. The summed E-state index contributed by atoms with van der Waals surface area (Å²) in [6.45, 7) is 1.62. The van der Waals surface area contributed by atoms with Crippen molar-refractivity contribution in [3.05, 3.63) is 113 Å². The molecule has 2 heterocycles. The Kier molecular flexibility index (Phi) is 7.72. The van der Waals surface area contributed by atoms with Gasteiger partial charge in [0.15, 0.2) is 11.5 Å². The first-order valence-corrected chi connectivity index (χ1v) is 14.0. The van der Waals surface area contributed by atoms with Crippen LogP contribution in [0, 0.1) is 6.92 Å². The van der Waals surface area contributed by atoms with Gasteiger partial charge in [0.2, 0.25) is 12.7 Å². The molecule has 0 bridgehead atoms. The minimum Gasteiger partial charge on any atom is -0.497 e. The lowest BCUT2D eigenvalue weighted by Crippen LogP contribution is -2.46. The molecule has 44 heavy (non-hydrogen) atoms. The Labute approximate surface area is 253 Å². The van der Waals surface area contributed by atoms with Crippen molar-refractivity contribution in [3.8, 4) is 17.2 Å². The fraction of sp³-hybridized carbons (Fsp3) is 0.176. The second kappa shape index (κ2) is 11.9. The highest BCUT2D eigenvalue weighted by atomic mass is 16.7. The molecule has 10 nitrogen and oxygen atoms in total. The quantitative estimate of drug-likeness (QED) is 0.282. The van der Waals surface area contributed by atoms with E-state index in [2.05, 4.69) is 5.32 Å². The second-order valence-electron chi connectivity index (χ2n) is 10.4. The van der Waals surface area contributed by atoms with E-state index < -0.39 is 36.1 Å². The zero-order chi connectivity index (χ0) is 30.8.